The summed E-state index contributed by atoms with van der Waals surface area (Å²) < 4.78 is 14.1. The zero-order valence-electron chi connectivity index (χ0n) is 19.3. The van der Waals surface area contributed by atoms with E-state index in [1.165, 1.54) is 10.9 Å². The van der Waals surface area contributed by atoms with Gasteiger partial charge in [-0.2, -0.15) is 20.0 Å². The zero-order valence-corrected chi connectivity index (χ0v) is 22.6. The van der Waals surface area contributed by atoms with E-state index in [1.54, 1.807) is 49.6 Å². The van der Waals surface area contributed by atoms with E-state index in [9.17, 15) is 4.79 Å². The third-order valence-electron chi connectivity index (χ3n) is 4.31. The summed E-state index contributed by atoms with van der Waals surface area (Å²) in [7, 11) is -0.173. The van der Waals surface area contributed by atoms with E-state index in [4.69, 9.17) is 20.8 Å². The molecule has 0 aliphatic rings. The lowest BCUT2D eigenvalue weighted by atomic mass is 10.3. The Hall–Kier alpha value is -2.79. The van der Waals surface area contributed by atoms with Crippen molar-refractivity contribution in [2.75, 3.05) is 19.0 Å². The van der Waals surface area contributed by atoms with E-state index in [0.29, 0.717) is 27.8 Å². The molecule has 0 bridgehead atoms. The van der Waals surface area contributed by atoms with E-state index >= 15 is 0 Å². The Bertz CT molecular complexity index is 1240. The quantitative estimate of drug-likeness (QED) is 0.234. The number of hydrogen-bond acceptors (Lipinski definition) is 7. The van der Waals surface area contributed by atoms with Crippen LogP contribution in [0.5, 0.6) is 11.5 Å². The monoisotopic (exact) mass is 561 g/mol. The number of halogens is 2. The minimum Gasteiger partial charge on any atom is -0.449 e. The van der Waals surface area contributed by atoms with Gasteiger partial charge in [-0.05, 0) is 68.2 Å². The first-order chi connectivity index (χ1) is 16.2. The maximum atomic E-state index is 13.4. The third-order valence-corrected chi connectivity index (χ3v) is 6.11. The highest BCUT2D eigenvalue weighted by Gasteiger charge is 2.17. The minimum atomic E-state index is -1.76. The van der Waals surface area contributed by atoms with Gasteiger partial charge in [-0.15, -0.1) is 0 Å². The first kappa shape index (κ1) is 25.8. The topological polar surface area (TPSA) is 90.1 Å². The van der Waals surface area contributed by atoms with Gasteiger partial charge in [-0.3, -0.25) is 4.79 Å². The van der Waals surface area contributed by atoms with Gasteiger partial charge in [0, 0.05) is 22.7 Å². The highest BCUT2D eigenvalue weighted by molar-refractivity contribution is 9.10. The fourth-order valence-corrected chi connectivity index (χ4v) is 3.68. The van der Waals surface area contributed by atoms with Gasteiger partial charge in [0.15, 0.2) is 8.32 Å². The van der Waals surface area contributed by atoms with Crippen LogP contribution in [0.1, 0.15) is 0 Å². The Morgan fingerprint density at radius 3 is 2.47 bits per heavy atom. The molecule has 0 spiro atoms. The molecular weight excluding hydrogens is 538 g/mol. The Balaban J connectivity index is 2.01. The molecule has 2 aromatic carbocycles. The van der Waals surface area contributed by atoms with Crippen molar-refractivity contribution in [2.24, 2.45) is 10.2 Å². The lowest BCUT2D eigenvalue weighted by molar-refractivity contribution is 0.343. The molecule has 178 valence electrons. The largest absolute Gasteiger partial charge is 0.449 e. The molecule has 0 radical (unpaired) electrons. The van der Waals surface area contributed by atoms with Crippen molar-refractivity contribution in [3.8, 4) is 17.2 Å². The minimum absolute atomic E-state index is 0.0717. The molecule has 1 N–H and O–H groups in total. The lowest BCUT2D eigenvalue weighted by Crippen LogP contribution is -2.26. The van der Waals surface area contributed by atoms with E-state index in [1.807, 2.05) is 12.1 Å². The van der Waals surface area contributed by atoms with Gasteiger partial charge < -0.3 is 14.5 Å². The van der Waals surface area contributed by atoms with Crippen molar-refractivity contribution in [1.82, 2.24) is 9.78 Å². The van der Waals surface area contributed by atoms with Crippen molar-refractivity contribution in [1.29, 1.82) is 0 Å². The highest BCUT2D eigenvalue weighted by atomic mass is 79.9. The molecule has 1 heterocycles. The molecule has 0 aliphatic carbocycles. The smallest absolute Gasteiger partial charge is 0.316 e. The van der Waals surface area contributed by atoms with Crippen LogP contribution in [-0.2, 0) is 4.43 Å². The molecule has 34 heavy (non-hydrogen) atoms. The Kier molecular flexibility index (Phi) is 8.78. The molecule has 0 unspecified atom stereocenters. The molecule has 0 aliphatic heterocycles. The number of azo groups is 1. The molecular formula is C23H25BrClN5O3Si. The summed E-state index contributed by atoms with van der Waals surface area (Å²) in [4.78, 5) is 13.4. The number of rotatable bonds is 9. The van der Waals surface area contributed by atoms with E-state index in [-0.39, 0.29) is 12.4 Å². The van der Waals surface area contributed by atoms with Crippen LogP contribution in [0.25, 0.3) is 5.69 Å². The first-order valence-corrected chi connectivity index (χ1v) is 15.0. The molecule has 8 nitrogen and oxygen atoms in total. The van der Waals surface area contributed by atoms with Crippen LogP contribution >= 0.6 is 27.5 Å². The summed E-state index contributed by atoms with van der Waals surface area (Å²) >= 11 is 9.39. The summed E-state index contributed by atoms with van der Waals surface area (Å²) in [5.41, 5.74) is 1.05. The normalized spacial score (nSPS) is 12.2. The van der Waals surface area contributed by atoms with Crippen LogP contribution in [0.4, 0.5) is 5.69 Å². The maximum absolute atomic E-state index is 13.4. The molecule has 11 heteroatoms. The number of nitrogens with one attached hydrogen (secondary N) is 1. The predicted octanol–water partition coefficient (Wildman–Crippen LogP) is 6.63. The lowest BCUT2D eigenvalue weighted by Gasteiger charge is -2.17. The fraction of sp³-hybridized carbons (Fsp3) is 0.217. The Labute approximate surface area is 212 Å². The number of anilines is 1. The zero-order chi connectivity index (χ0) is 24.7. The van der Waals surface area contributed by atoms with Crippen LogP contribution in [0.15, 0.2) is 86.1 Å². The van der Waals surface area contributed by atoms with E-state index in [2.05, 4.69) is 56.2 Å². The number of benzene rings is 2. The van der Waals surface area contributed by atoms with Crippen LogP contribution in [0.2, 0.25) is 24.7 Å². The second-order valence-corrected chi connectivity index (χ2v) is 14.0. The summed E-state index contributed by atoms with van der Waals surface area (Å²) in [5, 5.41) is 15.9. The van der Waals surface area contributed by atoms with E-state index < -0.39 is 13.9 Å². The van der Waals surface area contributed by atoms with Crippen LogP contribution in [0, 0.1) is 0 Å². The van der Waals surface area contributed by atoms with Crippen molar-refractivity contribution >= 4 is 41.5 Å². The summed E-state index contributed by atoms with van der Waals surface area (Å²) in [5.74, 6) is 0.569. The van der Waals surface area contributed by atoms with Gasteiger partial charge in [-0.25, -0.2) is 0 Å². The number of ether oxygens (including phenoxy) is 1. The van der Waals surface area contributed by atoms with Crippen molar-refractivity contribution in [3.63, 3.8) is 0 Å². The van der Waals surface area contributed by atoms with Gasteiger partial charge in [0.05, 0.1) is 18.5 Å². The van der Waals surface area contributed by atoms with Crippen molar-refractivity contribution < 1.29 is 9.16 Å². The molecule has 0 fully saturated rings. The molecule has 0 atom stereocenters. The highest BCUT2D eigenvalue weighted by Crippen LogP contribution is 2.27. The second-order valence-electron chi connectivity index (χ2n) is 8.12. The molecule has 0 amide bonds. The fourth-order valence-electron chi connectivity index (χ4n) is 2.71. The molecule has 3 rings (SSSR count). The maximum Gasteiger partial charge on any atom is 0.316 e. The average molecular weight is 563 g/mol. The second kappa shape index (κ2) is 11.6. The first-order valence-electron chi connectivity index (χ1n) is 10.4. The number of hydrogen-bond donors (Lipinski definition) is 1. The summed E-state index contributed by atoms with van der Waals surface area (Å²) in [6.07, 6.45) is 3.14. The molecule has 0 saturated heterocycles. The molecule has 1 aromatic heterocycles. The van der Waals surface area contributed by atoms with Gasteiger partial charge in [-0.1, -0.05) is 27.5 Å². The number of aromatic nitrogens is 2. The van der Waals surface area contributed by atoms with E-state index in [0.717, 1.165) is 4.47 Å². The summed E-state index contributed by atoms with van der Waals surface area (Å²) in [6.45, 7) is 6.56. The van der Waals surface area contributed by atoms with Gasteiger partial charge >= 0.3 is 5.56 Å². The SMILES string of the molecule is C/N=N\C(=C/Nc1cnn(-c2ccc(Cl)cc2)c(=O)c1Oc1ccc(Br)cc1)CO[Si](C)(C)C. The van der Waals surface area contributed by atoms with Crippen molar-refractivity contribution in [3.05, 3.63) is 86.5 Å². The Morgan fingerprint density at radius 1 is 1.18 bits per heavy atom. The average Bonchev–Trinajstić information content (AvgIpc) is 2.79. The van der Waals surface area contributed by atoms with Gasteiger partial charge in [0.25, 0.3) is 0 Å². The van der Waals surface area contributed by atoms with Gasteiger partial charge in [0.2, 0.25) is 5.75 Å². The third kappa shape index (κ3) is 7.36. The van der Waals surface area contributed by atoms with Crippen molar-refractivity contribution in [2.45, 2.75) is 19.6 Å². The van der Waals surface area contributed by atoms with Crippen LogP contribution < -0.4 is 15.6 Å². The van der Waals surface area contributed by atoms with Crippen LogP contribution in [-0.4, -0.2) is 31.8 Å². The molecule has 3 aromatic rings. The van der Waals surface area contributed by atoms with Crippen LogP contribution in [0.3, 0.4) is 0 Å². The van der Waals surface area contributed by atoms with Gasteiger partial charge in [0.1, 0.15) is 17.1 Å². The Morgan fingerprint density at radius 2 is 1.85 bits per heavy atom. The molecule has 0 saturated carbocycles. The standard InChI is InChI=1S/C23H25BrClN5O3Si/c1-26-29-18(15-32-34(2,3)4)13-27-21-14-28-30(19-9-7-17(25)8-10-19)23(31)22(21)33-20-11-5-16(24)6-12-20/h5-14,27H,15H2,1-4H3/b18-13-,29-26-. The number of nitrogens with zero attached hydrogens (tertiary/aromatic N) is 4. The summed E-state index contributed by atoms with van der Waals surface area (Å²) in [6, 6.07) is 14.0. The predicted molar refractivity (Wildman–Crippen MR) is 141 cm³/mol.